The Morgan fingerprint density at radius 1 is 1.11 bits per heavy atom. The van der Waals surface area contributed by atoms with Crippen molar-refractivity contribution in [1.29, 1.82) is 5.26 Å². The SMILES string of the molecule is CC(C)COc1ccc(C(=O)O[C@@H](C)C(=O)Nc2cccc(C#N)c2)cc1. The second kappa shape index (κ2) is 9.39. The Labute approximate surface area is 158 Å². The molecule has 0 spiro atoms. The molecule has 0 aliphatic heterocycles. The van der Waals surface area contributed by atoms with E-state index >= 15 is 0 Å². The van der Waals surface area contributed by atoms with E-state index in [1.165, 1.54) is 6.92 Å². The van der Waals surface area contributed by atoms with Gasteiger partial charge in [0.05, 0.1) is 23.8 Å². The van der Waals surface area contributed by atoms with Crippen LogP contribution in [0.2, 0.25) is 0 Å². The topological polar surface area (TPSA) is 88.4 Å². The van der Waals surface area contributed by atoms with Gasteiger partial charge in [-0.15, -0.1) is 0 Å². The van der Waals surface area contributed by atoms with Gasteiger partial charge in [-0.2, -0.15) is 5.26 Å². The minimum absolute atomic E-state index is 0.332. The average molecular weight is 366 g/mol. The molecule has 2 aromatic carbocycles. The number of carbonyl (C=O) groups is 2. The lowest BCUT2D eigenvalue weighted by Crippen LogP contribution is -2.30. The molecule has 1 atom stereocenters. The number of anilines is 1. The van der Waals surface area contributed by atoms with Gasteiger partial charge in [0.1, 0.15) is 5.75 Å². The molecule has 0 aliphatic carbocycles. The first-order valence-corrected chi connectivity index (χ1v) is 8.64. The van der Waals surface area contributed by atoms with Crippen LogP contribution in [0.1, 0.15) is 36.7 Å². The Hall–Kier alpha value is -3.33. The van der Waals surface area contributed by atoms with Crippen LogP contribution in [-0.4, -0.2) is 24.6 Å². The van der Waals surface area contributed by atoms with Crippen LogP contribution in [0.25, 0.3) is 0 Å². The lowest BCUT2D eigenvalue weighted by molar-refractivity contribution is -0.123. The summed E-state index contributed by atoms with van der Waals surface area (Å²) in [6.07, 6.45) is -0.986. The summed E-state index contributed by atoms with van der Waals surface area (Å²) in [6.45, 7) is 6.18. The number of esters is 1. The van der Waals surface area contributed by atoms with Gasteiger partial charge < -0.3 is 14.8 Å². The molecule has 0 unspecified atom stereocenters. The highest BCUT2D eigenvalue weighted by Crippen LogP contribution is 2.15. The third kappa shape index (κ3) is 6.15. The number of nitrogens with one attached hydrogen (secondary N) is 1. The van der Waals surface area contributed by atoms with Crippen LogP contribution in [0.5, 0.6) is 5.75 Å². The van der Waals surface area contributed by atoms with Gasteiger partial charge in [0, 0.05) is 5.69 Å². The first-order valence-electron chi connectivity index (χ1n) is 8.64. The molecular weight excluding hydrogens is 344 g/mol. The fraction of sp³-hybridized carbons (Fsp3) is 0.286. The van der Waals surface area contributed by atoms with Crippen molar-refractivity contribution in [3.8, 4) is 11.8 Å². The Morgan fingerprint density at radius 2 is 1.81 bits per heavy atom. The number of carbonyl (C=O) groups excluding carboxylic acids is 2. The van der Waals surface area contributed by atoms with Crippen LogP contribution in [-0.2, 0) is 9.53 Å². The number of amides is 1. The summed E-state index contributed by atoms with van der Waals surface area (Å²) >= 11 is 0. The van der Waals surface area contributed by atoms with Crippen molar-refractivity contribution < 1.29 is 19.1 Å². The molecule has 6 heteroatoms. The summed E-state index contributed by atoms with van der Waals surface area (Å²) in [7, 11) is 0. The molecule has 1 amide bonds. The highest BCUT2D eigenvalue weighted by atomic mass is 16.5. The average Bonchev–Trinajstić information content (AvgIpc) is 2.66. The third-order valence-electron chi connectivity index (χ3n) is 3.59. The summed E-state index contributed by atoms with van der Waals surface area (Å²) in [5.74, 6) is 0.000403. The number of ether oxygens (including phenoxy) is 2. The number of hydrogen-bond donors (Lipinski definition) is 1. The van der Waals surface area contributed by atoms with Gasteiger partial charge in [0.25, 0.3) is 5.91 Å². The van der Waals surface area contributed by atoms with E-state index in [1.807, 2.05) is 6.07 Å². The monoisotopic (exact) mass is 366 g/mol. The largest absolute Gasteiger partial charge is 0.493 e. The number of benzene rings is 2. The Kier molecular flexibility index (Phi) is 6.95. The van der Waals surface area contributed by atoms with Crippen LogP contribution in [0, 0.1) is 17.2 Å². The smallest absolute Gasteiger partial charge is 0.338 e. The maximum atomic E-state index is 12.2. The van der Waals surface area contributed by atoms with Gasteiger partial charge in [-0.25, -0.2) is 4.79 Å². The van der Waals surface area contributed by atoms with Gasteiger partial charge in [-0.3, -0.25) is 4.79 Å². The molecule has 0 bridgehead atoms. The predicted molar refractivity (Wildman–Crippen MR) is 101 cm³/mol. The van der Waals surface area contributed by atoms with Gasteiger partial charge in [0.15, 0.2) is 6.10 Å². The number of nitrogens with zero attached hydrogens (tertiary/aromatic N) is 1. The van der Waals surface area contributed by atoms with Crippen molar-refractivity contribution in [2.24, 2.45) is 5.92 Å². The molecule has 1 N–H and O–H groups in total. The lowest BCUT2D eigenvalue weighted by atomic mass is 10.2. The molecule has 2 aromatic rings. The van der Waals surface area contributed by atoms with E-state index in [-0.39, 0.29) is 0 Å². The molecule has 2 rings (SSSR count). The van der Waals surface area contributed by atoms with E-state index < -0.39 is 18.0 Å². The predicted octanol–water partition coefficient (Wildman–Crippen LogP) is 3.78. The van der Waals surface area contributed by atoms with Crippen LogP contribution in [0.3, 0.4) is 0 Å². The summed E-state index contributed by atoms with van der Waals surface area (Å²) in [5, 5.41) is 11.5. The van der Waals surface area contributed by atoms with Crippen LogP contribution >= 0.6 is 0 Å². The second-order valence-electron chi connectivity index (χ2n) is 6.46. The van der Waals surface area contributed by atoms with E-state index in [9.17, 15) is 9.59 Å². The van der Waals surface area contributed by atoms with E-state index in [0.29, 0.717) is 35.1 Å². The maximum absolute atomic E-state index is 12.2. The normalized spacial score (nSPS) is 11.4. The van der Waals surface area contributed by atoms with E-state index in [4.69, 9.17) is 14.7 Å². The molecule has 6 nitrogen and oxygen atoms in total. The third-order valence-corrected chi connectivity index (χ3v) is 3.59. The second-order valence-corrected chi connectivity index (χ2v) is 6.46. The molecule has 0 saturated heterocycles. The summed E-state index contributed by atoms with van der Waals surface area (Å²) in [4.78, 5) is 24.4. The van der Waals surface area contributed by atoms with Crippen molar-refractivity contribution in [2.75, 3.05) is 11.9 Å². The number of rotatable bonds is 7. The molecule has 140 valence electrons. The van der Waals surface area contributed by atoms with E-state index in [1.54, 1.807) is 48.5 Å². The van der Waals surface area contributed by atoms with Gasteiger partial charge in [-0.05, 0) is 55.3 Å². The molecule has 0 saturated carbocycles. The van der Waals surface area contributed by atoms with Crippen LogP contribution in [0.15, 0.2) is 48.5 Å². The van der Waals surface area contributed by atoms with Gasteiger partial charge in [0.2, 0.25) is 0 Å². The molecular formula is C21H22N2O4. The fourth-order valence-corrected chi connectivity index (χ4v) is 2.14. The Bertz CT molecular complexity index is 838. The molecule has 27 heavy (non-hydrogen) atoms. The highest BCUT2D eigenvalue weighted by Gasteiger charge is 2.19. The van der Waals surface area contributed by atoms with Crippen LogP contribution in [0.4, 0.5) is 5.69 Å². The molecule has 0 radical (unpaired) electrons. The minimum Gasteiger partial charge on any atom is -0.493 e. The maximum Gasteiger partial charge on any atom is 0.338 e. The van der Waals surface area contributed by atoms with E-state index in [0.717, 1.165) is 0 Å². The van der Waals surface area contributed by atoms with Gasteiger partial charge in [-0.1, -0.05) is 19.9 Å². The summed E-state index contributed by atoms with van der Waals surface area (Å²) in [5.41, 5.74) is 1.23. The highest BCUT2D eigenvalue weighted by molar-refractivity contribution is 5.97. The zero-order chi connectivity index (χ0) is 19.8. The number of hydrogen-bond acceptors (Lipinski definition) is 5. The molecule has 0 aromatic heterocycles. The van der Waals surface area contributed by atoms with Crippen molar-refractivity contribution in [3.05, 3.63) is 59.7 Å². The number of nitriles is 1. The minimum atomic E-state index is -0.986. The summed E-state index contributed by atoms with van der Waals surface area (Å²) in [6, 6.07) is 15.1. The standard InChI is InChI=1S/C21H22N2O4/c1-14(2)13-26-19-9-7-17(8-10-19)21(25)27-15(3)20(24)23-18-6-4-5-16(11-18)12-22/h4-11,14-15H,13H2,1-3H3,(H,23,24)/t15-/m0/s1. The quantitative estimate of drug-likeness (QED) is 0.754. The van der Waals surface area contributed by atoms with Crippen molar-refractivity contribution in [3.63, 3.8) is 0 Å². The Balaban J connectivity index is 1.92. The zero-order valence-corrected chi connectivity index (χ0v) is 15.6. The first kappa shape index (κ1) is 20.0. The van der Waals surface area contributed by atoms with E-state index in [2.05, 4.69) is 19.2 Å². The fourth-order valence-electron chi connectivity index (χ4n) is 2.14. The van der Waals surface area contributed by atoms with Crippen LogP contribution < -0.4 is 10.1 Å². The summed E-state index contributed by atoms with van der Waals surface area (Å²) < 4.78 is 10.8. The van der Waals surface area contributed by atoms with Gasteiger partial charge >= 0.3 is 5.97 Å². The van der Waals surface area contributed by atoms with Crippen molar-refractivity contribution in [1.82, 2.24) is 0 Å². The zero-order valence-electron chi connectivity index (χ0n) is 15.6. The molecule has 0 aliphatic rings. The molecule has 0 heterocycles. The molecule has 0 fully saturated rings. The lowest BCUT2D eigenvalue weighted by Gasteiger charge is -2.14. The van der Waals surface area contributed by atoms with Crippen molar-refractivity contribution in [2.45, 2.75) is 26.9 Å². The Morgan fingerprint density at radius 3 is 2.44 bits per heavy atom. The van der Waals surface area contributed by atoms with Crippen molar-refractivity contribution >= 4 is 17.6 Å². The first-order chi connectivity index (χ1) is 12.9.